The Balaban J connectivity index is 1.18. The van der Waals surface area contributed by atoms with Gasteiger partial charge >= 0.3 is 0 Å². The summed E-state index contributed by atoms with van der Waals surface area (Å²) in [4.78, 5) is 27.5. The van der Waals surface area contributed by atoms with E-state index < -0.39 is 16.0 Å². The van der Waals surface area contributed by atoms with Crippen LogP contribution in [0.15, 0.2) is 0 Å². The van der Waals surface area contributed by atoms with Gasteiger partial charge in [-0.15, -0.1) is 0 Å². The summed E-state index contributed by atoms with van der Waals surface area (Å²) in [5.41, 5.74) is 0. The monoisotopic (exact) mass is 512 g/mol. The minimum atomic E-state index is -2.98. The number of hydrogen-bond acceptors (Lipinski definition) is 4. The van der Waals surface area contributed by atoms with Crippen molar-refractivity contribution in [2.75, 3.05) is 12.8 Å². The highest BCUT2D eigenvalue weighted by atomic mass is 32.2. The normalized spacial score (nSPS) is 36.4. The lowest BCUT2D eigenvalue weighted by Crippen LogP contribution is -2.50. The van der Waals surface area contributed by atoms with Crippen LogP contribution in [-0.2, 0) is 19.4 Å². The number of nitrogens with one attached hydrogen (secondary N) is 1. The van der Waals surface area contributed by atoms with Crippen molar-refractivity contribution in [3.05, 3.63) is 0 Å². The molecule has 0 aromatic heterocycles. The summed E-state index contributed by atoms with van der Waals surface area (Å²) in [6.45, 7) is 2.08. The second-order valence-electron chi connectivity index (χ2n) is 12.1. The minimum Gasteiger partial charge on any atom is -0.353 e. The summed E-state index contributed by atoms with van der Waals surface area (Å²) in [6, 6.07) is -0.217. The SMILES string of the molecule is CC1CC(NC(=O)CC2CCC(S(=O)(=O)CC3CC3)CC2)CCC1C(=O)N(C)C1CCCCC1F. The second-order valence-corrected chi connectivity index (χ2v) is 14.4. The highest BCUT2D eigenvalue weighted by Gasteiger charge is 2.39. The van der Waals surface area contributed by atoms with Gasteiger partial charge in [0.25, 0.3) is 0 Å². The van der Waals surface area contributed by atoms with Gasteiger partial charge in [0.15, 0.2) is 9.84 Å². The Bertz CT molecular complexity index is 853. The maximum Gasteiger partial charge on any atom is 0.226 e. The first-order chi connectivity index (χ1) is 16.6. The molecule has 4 saturated carbocycles. The largest absolute Gasteiger partial charge is 0.353 e. The lowest BCUT2D eigenvalue weighted by Gasteiger charge is -2.40. The molecule has 4 aliphatic rings. The van der Waals surface area contributed by atoms with E-state index in [2.05, 4.69) is 12.2 Å². The highest BCUT2D eigenvalue weighted by Crippen LogP contribution is 2.37. The molecule has 0 heterocycles. The van der Waals surface area contributed by atoms with Crippen LogP contribution in [0.1, 0.15) is 96.8 Å². The summed E-state index contributed by atoms with van der Waals surface area (Å²) in [6.07, 6.45) is 10.1. The van der Waals surface area contributed by atoms with Gasteiger partial charge in [0.1, 0.15) is 6.17 Å². The summed E-state index contributed by atoms with van der Waals surface area (Å²) in [5, 5.41) is 2.98. The topological polar surface area (TPSA) is 83.5 Å². The Labute approximate surface area is 211 Å². The van der Waals surface area contributed by atoms with Crippen molar-refractivity contribution >= 4 is 21.7 Å². The van der Waals surface area contributed by atoms with Gasteiger partial charge in [-0.25, -0.2) is 12.8 Å². The summed E-state index contributed by atoms with van der Waals surface area (Å²) in [5.74, 6) is 1.17. The molecule has 1 N–H and O–H groups in total. The third-order valence-corrected chi connectivity index (χ3v) is 11.7. The molecule has 0 spiro atoms. The third-order valence-electron chi connectivity index (χ3n) is 9.28. The third kappa shape index (κ3) is 6.98. The van der Waals surface area contributed by atoms with E-state index in [-0.39, 0.29) is 46.9 Å². The minimum absolute atomic E-state index is 0.0517. The molecule has 0 aliphatic heterocycles. The van der Waals surface area contributed by atoms with E-state index in [4.69, 9.17) is 0 Å². The number of sulfone groups is 1. The molecule has 5 unspecified atom stereocenters. The Morgan fingerprint density at radius 3 is 2.20 bits per heavy atom. The molecule has 200 valence electrons. The van der Waals surface area contributed by atoms with Gasteiger partial charge in [-0.2, -0.15) is 0 Å². The predicted molar refractivity (Wildman–Crippen MR) is 135 cm³/mol. The van der Waals surface area contributed by atoms with Crippen LogP contribution in [-0.4, -0.2) is 61.4 Å². The number of alkyl halides is 1. The molecule has 5 atom stereocenters. The molecule has 0 radical (unpaired) electrons. The molecule has 0 aromatic rings. The van der Waals surface area contributed by atoms with Crippen molar-refractivity contribution in [1.29, 1.82) is 0 Å². The van der Waals surface area contributed by atoms with Gasteiger partial charge < -0.3 is 10.2 Å². The Morgan fingerprint density at radius 1 is 0.914 bits per heavy atom. The average molecular weight is 513 g/mol. The number of nitrogens with zero attached hydrogens (tertiary/aromatic N) is 1. The van der Waals surface area contributed by atoms with Crippen LogP contribution in [0.3, 0.4) is 0 Å². The van der Waals surface area contributed by atoms with Crippen molar-refractivity contribution in [3.8, 4) is 0 Å². The van der Waals surface area contributed by atoms with Gasteiger partial charge in [-0.05, 0) is 88.4 Å². The zero-order chi connectivity index (χ0) is 25.2. The van der Waals surface area contributed by atoms with Crippen LogP contribution in [0, 0.1) is 23.7 Å². The van der Waals surface area contributed by atoms with E-state index in [1.54, 1.807) is 11.9 Å². The first-order valence-electron chi connectivity index (χ1n) is 14.1. The second kappa shape index (κ2) is 11.5. The van der Waals surface area contributed by atoms with E-state index >= 15 is 0 Å². The van der Waals surface area contributed by atoms with Crippen LogP contribution in [0.2, 0.25) is 0 Å². The van der Waals surface area contributed by atoms with Crippen LogP contribution in [0.5, 0.6) is 0 Å². The fraction of sp³-hybridized carbons (Fsp3) is 0.926. The van der Waals surface area contributed by atoms with Crippen LogP contribution >= 0.6 is 0 Å². The lowest BCUT2D eigenvalue weighted by molar-refractivity contribution is -0.141. The van der Waals surface area contributed by atoms with Gasteiger partial charge in [-0.1, -0.05) is 19.8 Å². The number of rotatable bonds is 8. The maximum atomic E-state index is 14.4. The molecular weight excluding hydrogens is 467 g/mol. The molecule has 6 nitrogen and oxygen atoms in total. The van der Waals surface area contributed by atoms with Crippen molar-refractivity contribution in [3.63, 3.8) is 0 Å². The lowest BCUT2D eigenvalue weighted by atomic mass is 9.76. The van der Waals surface area contributed by atoms with Crippen molar-refractivity contribution in [1.82, 2.24) is 10.2 Å². The van der Waals surface area contributed by atoms with Crippen LogP contribution in [0.25, 0.3) is 0 Å². The highest BCUT2D eigenvalue weighted by molar-refractivity contribution is 7.92. The van der Waals surface area contributed by atoms with Crippen molar-refractivity contribution < 1.29 is 22.4 Å². The van der Waals surface area contributed by atoms with E-state index in [0.29, 0.717) is 37.4 Å². The molecule has 4 aliphatic carbocycles. The summed E-state index contributed by atoms with van der Waals surface area (Å²) < 4.78 is 39.5. The quantitative estimate of drug-likeness (QED) is 0.522. The van der Waals surface area contributed by atoms with E-state index in [9.17, 15) is 22.4 Å². The van der Waals surface area contributed by atoms with E-state index in [0.717, 1.165) is 64.2 Å². The van der Waals surface area contributed by atoms with Crippen LogP contribution in [0.4, 0.5) is 4.39 Å². The molecule has 8 heteroatoms. The Kier molecular flexibility index (Phi) is 8.81. The number of carbonyl (C=O) groups excluding carboxylic acids is 2. The van der Waals surface area contributed by atoms with Gasteiger partial charge in [-0.3, -0.25) is 9.59 Å². The first-order valence-corrected chi connectivity index (χ1v) is 15.8. The zero-order valence-electron chi connectivity index (χ0n) is 21.6. The Hall–Kier alpha value is -1.18. The fourth-order valence-electron chi connectivity index (χ4n) is 6.81. The van der Waals surface area contributed by atoms with Gasteiger partial charge in [0, 0.05) is 25.4 Å². The van der Waals surface area contributed by atoms with E-state index in [1.807, 2.05) is 0 Å². The average Bonchev–Trinajstić information content (AvgIpc) is 3.62. The number of halogens is 1. The molecule has 2 amide bonds. The van der Waals surface area contributed by atoms with Crippen molar-refractivity contribution in [2.45, 2.75) is 120 Å². The van der Waals surface area contributed by atoms with E-state index in [1.165, 1.54) is 0 Å². The maximum absolute atomic E-state index is 14.4. The molecule has 4 rings (SSSR count). The molecular formula is C27H45FN2O4S. The van der Waals surface area contributed by atoms with Crippen molar-refractivity contribution in [2.24, 2.45) is 23.7 Å². The number of hydrogen-bond donors (Lipinski definition) is 1. The summed E-state index contributed by atoms with van der Waals surface area (Å²) >= 11 is 0. The Morgan fingerprint density at radius 2 is 1.57 bits per heavy atom. The molecule has 0 bridgehead atoms. The first kappa shape index (κ1) is 26.9. The smallest absolute Gasteiger partial charge is 0.226 e. The fourth-order valence-corrected chi connectivity index (χ4v) is 9.07. The molecule has 35 heavy (non-hydrogen) atoms. The molecule has 4 fully saturated rings. The van der Waals surface area contributed by atoms with Gasteiger partial charge in [0.05, 0.1) is 17.0 Å². The summed E-state index contributed by atoms with van der Waals surface area (Å²) in [7, 11) is -1.22. The van der Waals surface area contributed by atoms with Crippen LogP contribution < -0.4 is 5.32 Å². The van der Waals surface area contributed by atoms with Gasteiger partial charge in [0.2, 0.25) is 11.8 Å². The number of carbonyl (C=O) groups is 2. The molecule has 0 aromatic carbocycles. The zero-order valence-corrected chi connectivity index (χ0v) is 22.4. The number of amides is 2. The standard InChI is InChI=1S/C27H45FN2O4S/c1-18-15-21(11-14-23(18)27(32)30(2)25-6-4-3-5-24(25)28)29-26(31)16-19-9-12-22(13-10-19)35(33,34)17-20-7-8-20/h18-25H,3-17H2,1-2H3,(H,29,31). The predicted octanol–water partition coefficient (Wildman–Crippen LogP) is 4.42. The molecule has 0 saturated heterocycles.